The maximum atomic E-state index is 10.8. The summed E-state index contributed by atoms with van der Waals surface area (Å²) in [6.07, 6.45) is 1.36. The molecule has 0 aliphatic heterocycles. The Kier molecular flexibility index (Phi) is 3.56. The van der Waals surface area contributed by atoms with Crippen LogP contribution in [0.4, 0.5) is 17.3 Å². The van der Waals surface area contributed by atoms with Crippen molar-refractivity contribution in [2.45, 2.75) is 13.5 Å². The zero-order valence-electron chi connectivity index (χ0n) is 10.3. The normalized spacial score (nSPS) is 10.2. The summed E-state index contributed by atoms with van der Waals surface area (Å²) in [6.45, 7) is 2.16. The quantitative estimate of drug-likeness (QED) is 0.641. The van der Waals surface area contributed by atoms with E-state index in [0.29, 0.717) is 23.7 Å². The molecule has 2 rings (SSSR count). The minimum atomic E-state index is -0.387. The predicted octanol–water partition coefficient (Wildman–Crippen LogP) is 1.89. The number of anilines is 2. The van der Waals surface area contributed by atoms with Crippen LogP contribution in [-0.2, 0) is 6.54 Å². The summed E-state index contributed by atoms with van der Waals surface area (Å²) in [6, 6.07) is 6.59. The van der Waals surface area contributed by atoms with Gasteiger partial charge in [0.05, 0.1) is 4.92 Å². The van der Waals surface area contributed by atoms with Gasteiger partial charge >= 0.3 is 0 Å². The van der Waals surface area contributed by atoms with Crippen molar-refractivity contribution in [2.24, 2.45) is 0 Å². The number of hydrogen-bond donors (Lipinski definition) is 2. The average Bonchev–Trinajstić information content (AvgIpc) is 2.37. The molecule has 0 aliphatic carbocycles. The van der Waals surface area contributed by atoms with Crippen LogP contribution >= 0.6 is 0 Å². The Labute approximate surface area is 109 Å². The van der Waals surface area contributed by atoms with E-state index in [9.17, 15) is 10.1 Å². The van der Waals surface area contributed by atoms with Crippen molar-refractivity contribution in [3.8, 4) is 0 Å². The van der Waals surface area contributed by atoms with Gasteiger partial charge in [0.15, 0.2) is 0 Å². The third-order valence-electron chi connectivity index (χ3n) is 2.76. The lowest BCUT2D eigenvalue weighted by molar-refractivity contribution is -0.385. The molecule has 7 nitrogen and oxygen atoms in total. The van der Waals surface area contributed by atoms with Crippen molar-refractivity contribution >= 4 is 17.3 Å². The standard InChI is InChI=1S/C12H13N5O2/c1-8-9(3-2-4-10(8)17(18)19)6-14-12-5-11(13)15-7-16-12/h2-5,7H,6H2,1H3,(H3,13,14,15,16). The lowest BCUT2D eigenvalue weighted by Gasteiger charge is -2.08. The first kappa shape index (κ1) is 12.7. The van der Waals surface area contributed by atoms with Crippen LogP contribution in [-0.4, -0.2) is 14.9 Å². The highest BCUT2D eigenvalue weighted by Gasteiger charge is 2.12. The molecule has 0 unspecified atom stereocenters. The van der Waals surface area contributed by atoms with E-state index < -0.39 is 0 Å². The third kappa shape index (κ3) is 2.95. The van der Waals surface area contributed by atoms with Crippen LogP contribution in [0.2, 0.25) is 0 Å². The van der Waals surface area contributed by atoms with Crippen LogP contribution in [0.1, 0.15) is 11.1 Å². The number of nitrogens with zero attached hydrogens (tertiary/aromatic N) is 3. The van der Waals surface area contributed by atoms with Gasteiger partial charge in [-0.3, -0.25) is 10.1 Å². The van der Waals surface area contributed by atoms with Gasteiger partial charge in [-0.15, -0.1) is 0 Å². The summed E-state index contributed by atoms with van der Waals surface area (Å²) >= 11 is 0. The van der Waals surface area contributed by atoms with Crippen LogP contribution < -0.4 is 11.1 Å². The summed E-state index contributed by atoms with van der Waals surface area (Å²) in [5.74, 6) is 0.951. The predicted molar refractivity (Wildman–Crippen MR) is 71.6 cm³/mol. The molecule has 1 aromatic carbocycles. The fourth-order valence-electron chi connectivity index (χ4n) is 1.71. The molecule has 2 aromatic rings. The van der Waals surface area contributed by atoms with Crippen LogP contribution in [0.25, 0.3) is 0 Å². The molecule has 0 spiro atoms. The summed E-state index contributed by atoms with van der Waals surface area (Å²) in [5, 5.41) is 13.9. The molecule has 0 fully saturated rings. The Hall–Kier alpha value is -2.70. The van der Waals surface area contributed by atoms with Crippen molar-refractivity contribution in [1.82, 2.24) is 9.97 Å². The molecule has 0 radical (unpaired) electrons. The number of nitro benzene ring substituents is 1. The SMILES string of the molecule is Cc1c(CNc2cc(N)ncn2)cccc1[N+](=O)[O-]. The molecule has 0 saturated carbocycles. The molecular formula is C12H13N5O2. The lowest BCUT2D eigenvalue weighted by atomic mass is 10.1. The van der Waals surface area contributed by atoms with E-state index in [-0.39, 0.29) is 10.6 Å². The fraction of sp³-hybridized carbons (Fsp3) is 0.167. The molecule has 0 atom stereocenters. The molecule has 19 heavy (non-hydrogen) atoms. The maximum absolute atomic E-state index is 10.8. The summed E-state index contributed by atoms with van der Waals surface area (Å²) in [4.78, 5) is 18.2. The van der Waals surface area contributed by atoms with Gasteiger partial charge in [0.2, 0.25) is 0 Å². The Morgan fingerprint density at radius 2 is 2.21 bits per heavy atom. The average molecular weight is 259 g/mol. The van der Waals surface area contributed by atoms with E-state index in [1.54, 1.807) is 19.1 Å². The topological polar surface area (TPSA) is 107 Å². The van der Waals surface area contributed by atoms with Gasteiger partial charge < -0.3 is 11.1 Å². The molecule has 0 saturated heterocycles. The number of nitrogens with two attached hydrogens (primary N) is 1. The Bertz CT molecular complexity index is 615. The van der Waals surface area contributed by atoms with E-state index in [1.165, 1.54) is 12.4 Å². The molecule has 0 amide bonds. The molecule has 1 aromatic heterocycles. The van der Waals surface area contributed by atoms with Gasteiger partial charge in [-0.1, -0.05) is 12.1 Å². The lowest BCUT2D eigenvalue weighted by Crippen LogP contribution is -2.05. The first-order valence-electron chi connectivity index (χ1n) is 5.62. The minimum absolute atomic E-state index is 0.113. The number of rotatable bonds is 4. The van der Waals surface area contributed by atoms with Gasteiger partial charge in [-0.25, -0.2) is 9.97 Å². The Balaban J connectivity index is 2.16. The molecule has 7 heteroatoms. The second kappa shape index (κ2) is 5.30. The zero-order valence-corrected chi connectivity index (χ0v) is 10.3. The van der Waals surface area contributed by atoms with Crippen LogP contribution in [0.3, 0.4) is 0 Å². The van der Waals surface area contributed by atoms with Gasteiger partial charge in [-0.05, 0) is 12.5 Å². The van der Waals surface area contributed by atoms with Crippen molar-refractivity contribution in [2.75, 3.05) is 11.1 Å². The molecule has 98 valence electrons. The van der Waals surface area contributed by atoms with E-state index >= 15 is 0 Å². The number of hydrogen-bond acceptors (Lipinski definition) is 6. The van der Waals surface area contributed by atoms with Crippen molar-refractivity contribution < 1.29 is 4.92 Å². The number of aromatic nitrogens is 2. The minimum Gasteiger partial charge on any atom is -0.384 e. The van der Waals surface area contributed by atoms with Gasteiger partial charge in [0, 0.05) is 24.2 Å². The van der Waals surface area contributed by atoms with Gasteiger partial charge in [0.1, 0.15) is 18.0 Å². The summed E-state index contributed by atoms with van der Waals surface area (Å²) in [7, 11) is 0. The Morgan fingerprint density at radius 1 is 1.42 bits per heavy atom. The van der Waals surface area contributed by atoms with E-state index in [1.807, 2.05) is 6.07 Å². The number of nitro groups is 1. The molecule has 0 aliphatic rings. The Morgan fingerprint density at radius 3 is 2.89 bits per heavy atom. The first-order chi connectivity index (χ1) is 9.08. The second-order valence-corrected chi connectivity index (χ2v) is 4.00. The van der Waals surface area contributed by atoms with E-state index in [4.69, 9.17) is 5.73 Å². The summed E-state index contributed by atoms with van der Waals surface area (Å²) in [5.41, 5.74) is 7.13. The molecule has 3 N–H and O–H groups in total. The summed E-state index contributed by atoms with van der Waals surface area (Å²) < 4.78 is 0. The smallest absolute Gasteiger partial charge is 0.272 e. The van der Waals surface area contributed by atoms with Crippen LogP contribution in [0, 0.1) is 17.0 Å². The van der Waals surface area contributed by atoms with Crippen molar-refractivity contribution in [3.05, 3.63) is 51.8 Å². The highest BCUT2D eigenvalue weighted by Crippen LogP contribution is 2.21. The molecular weight excluding hydrogens is 246 g/mol. The van der Waals surface area contributed by atoms with Crippen molar-refractivity contribution in [3.63, 3.8) is 0 Å². The molecule has 0 bridgehead atoms. The fourth-order valence-corrected chi connectivity index (χ4v) is 1.71. The third-order valence-corrected chi connectivity index (χ3v) is 2.76. The number of benzene rings is 1. The van der Waals surface area contributed by atoms with Crippen molar-refractivity contribution in [1.29, 1.82) is 0 Å². The highest BCUT2D eigenvalue weighted by atomic mass is 16.6. The highest BCUT2D eigenvalue weighted by molar-refractivity contribution is 5.48. The monoisotopic (exact) mass is 259 g/mol. The zero-order chi connectivity index (χ0) is 13.8. The van der Waals surface area contributed by atoms with Crippen LogP contribution in [0.15, 0.2) is 30.6 Å². The number of nitrogen functional groups attached to an aromatic ring is 1. The van der Waals surface area contributed by atoms with Crippen LogP contribution in [0.5, 0.6) is 0 Å². The van der Waals surface area contributed by atoms with Gasteiger partial charge in [-0.2, -0.15) is 0 Å². The molecule has 1 heterocycles. The van der Waals surface area contributed by atoms with Gasteiger partial charge in [0.25, 0.3) is 5.69 Å². The first-order valence-corrected chi connectivity index (χ1v) is 5.62. The van der Waals surface area contributed by atoms with E-state index in [0.717, 1.165) is 5.56 Å². The maximum Gasteiger partial charge on any atom is 0.272 e. The van der Waals surface area contributed by atoms with E-state index in [2.05, 4.69) is 15.3 Å². The second-order valence-electron chi connectivity index (χ2n) is 4.00. The largest absolute Gasteiger partial charge is 0.384 e. The number of nitrogens with one attached hydrogen (secondary N) is 1.